The number of benzene rings is 1. The molecule has 27 heavy (non-hydrogen) atoms. The number of para-hydroxylation sites is 1. The molecule has 0 aliphatic heterocycles. The van der Waals surface area contributed by atoms with Crippen molar-refractivity contribution in [2.45, 2.75) is 50.5 Å². The predicted molar refractivity (Wildman–Crippen MR) is 102 cm³/mol. The van der Waals surface area contributed by atoms with Crippen LogP contribution in [0.3, 0.4) is 0 Å². The zero-order chi connectivity index (χ0) is 19.0. The molecule has 146 valence electrons. The highest BCUT2D eigenvalue weighted by molar-refractivity contribution is 5.97. The summed E-state index contributed by atoms with van der Waals surface area (Å²) < 4.78 is 10.3. The van der Waals surface area contributed by atoms with Crippen LogP contribution in [0.25, 0.3) is 0 Å². The number of hydrogen-bond donors (Lipinski definition) is 0. The molecule has 4 bridgehead atoms. The lowest BCUT2D eigenvalue weighted by atomic mass is 9.52. The van der Waals surface area contributed by atoms with Gasteiger partial charge in [-0.05, 0) is 68.4 Å². The van der Waals surface area contributed by atoms with Crippen LogP contribution >= 0.6 is 0 Å². The molecule has 0 saturated heterocycles. The Labute approximate surface area is 161 Å². The molecule has 0 atom stereocenters. The first-order valence-corrected chi connectivity index (χ1v) is 10.1. The third kappa shape index (κ3) is 3.32. The highest BCUT2D eigenvalue weighted by atomic mass is 16.5. The van der Waals surface area contributed by atoms with E-state index < -0.39 is 0 Å². The summed E-state index contributed by atoms with van der Waals surface area (Å²) in [6.45, 7) is 0.412. The van der Waals surface area contributed by atoms with Crippen LogP contribution in [0.1, 0.15) is 55.3 Å². The van der Waals surface area contributed by atoms with Gasteiger partial charge in [0.2, 0.25) is 0 Å². The van der Waals surface area contributed by atoms with E-state index in [1.807, 2.05) is 29.2 Å². The van der Waals surface area contributed by atoms with Crippen LogP contribution in [0.5, 0.6) is 5.75 Å². The van der Waals surface area contributed by atoms with Gasteiger partial charge in [-0.3, -0.25) is 9.59 Å². The van der Waals surface area contributed by atoms with E-state index in [0.29, 0.717) is 17.9 Å². The summed E-state index contributed by atoms with van der Waals surface area (Å²) >= 11 is 0. The number of nitrogens with zero attached hydrogens (tertiary/aromatic N) is 1. The normalized spacial score (nSPS) is 30.8. The van der Waals surface area contributed by atoms with Gasteiger partial charge in [-0.25, -0.2) is 0 Å². The van der Waals surface area contributed by atoms with Gasteiger partial charge in [-0.2, -0.15) is 0 Å². The van der Waals surface area contributed by atoms with Crippen LogP contribution in [-0.2, 0) is 9.53 Å². The minimum Gasteiger partial charge on any atom is -0.496 e. The number of hydrogen-bond acceptors (Lipinski definition) is 4. The molecular formula is C22H29NO4. The lowest BCUT2D eigenvalue weighted by Gasteiger charge is -2.60. The second kappa shape index (κ2) is 7.17. The molecule has 5 heteroatoms. The van der Waals surface area contributed by atoms with Gasteiger partial charge in [-0.1, -0.05) is 12.1 Å². The minimum absolute atomic E-state index is 0.0155. The van der Waals surface area contributed by atoms with E-state index in [2.05, 4.69) is 0 Å². The van der Waals surface area contributed by atoms with E-state index in [9.17, 15) is 9.59 Å². The first-order valence-electron chi connectivity index (χ1n) is 10.1. The Balaban J connectivity index is 1.67. The topological polar surface area (TPSA) is 55.8 Å². The second-order valence-electron chi connectivity index (χ2n) is 8.63. The summed E-state index contributed by atoms with van der Waals surface area (Å²) in [7, 11) is 3.00. The van der Waals surface area contributed by atoms with Crippen molar-refractivity contribution in [1.29, 1.82) is 0 Å². The lowest BCUT2D eigenvalue weighted by molar-refractivity contribution is -0.141. The molecule has 0 spiro atoms. The van der Waals surface area contributed by atoms with Crippen molar-refractivity contribution in [3.05, 3.63) is 29.8 Å². The van der Waals surface area contributed by atoms with Gasteiger partial charge in [-0.15, -0.1) is 0 Å². The van der Waals surface area contributed by atoms with Crippen molar-refractivity contribution in [3.8, 4) is 5.75 Å². The maximum atomic E-state index is 13.6. The Morgan fingerprint density at radius 1 is 1.04 bits per heavy atom. The van der Waals surface area contributed by atoms with Gasteiger partial charge >= 0.3 is 5.97 Å². The van der Waals surface area contributed by atoms with Crippen molar-refractivity contribution >= 4 is 11.9 Å². The molecule has 1 amide bonds. The quantitative estimate of drug-likeness (QED) is 0.716. The maximum Gasteiger partial charge on any atom is 0.307 e. The predicted octanol–water partition coefficient (Wildman–Crippen LogP) is 3.67. The van der Waals surface area contributed by atoms with Crippen molar-refractivity contribution in [1.82, 2.24) is 4.90 Å². The van der Waals surface area contributed by atoms with Gasteiger partial charge in [0.25, 0.3) is 5.91 Å². The smallest absolute Gasteiger partial charge is 0.307 e. The van der Waals surface area contributed by atoms with E-state index in [0.717, 1.165) is 37.0 Å². The Morgan fingerprint density at radius 2 is 1.63 bits per heavy atom. The summed E-state index contributed by atoms with van der Waals surface area (Å²) in [5.74, 6) is 2.48. The van der Waals surface area contributed by atoms with Crippen LogP contribution in [0.15, 0.2) is 24.3 Å². The summed E-state index contributed by atoms with van der Waals surface area (Å²) in [5.41, 5.74) is 0.473. The van der Waals surface area contributed by atoms with Crippen molar-refractivity contribution in [2.75, 3.05) is 20.8 Å². The van der Waals surface area contributed by atoms with Crippen LogP contribution in [0.4, 0.5) is 0 Å². The number of rotatable bonds is 6. The fourth-order valence-corrected chi connectivity index (χ4v) is 6.22. The highest BCUT2D eigenvalue weighted by Gasteiger charge is 2.54. The first kappa shape index (κ1) is 18.3. The molecule has 0 N–H and O–H groups in total. The Morgan fingerprint density at radius 3 is 2.19 bits per heavy atom. The molecule has 4 aliphatic carbocycles. The molecule has 4 saturated carbocycles. The molecular weight excluding hydrogens is 342 g/mol. The van der Waals surface area contributed by atoms with Crippen molar-refractivity contribution in [3.63, 3.8) is 0 Å². The summed E-state index contributed by atoms with van der Waals surface area (Å²) in [6, 6.07) is 7.39. The third-order valence-corrected chi connectivity index (χ3v) is 6.93. The average Bonchev–Trinajstić information content (AvgIpc) is 2.66. The van der Waals surface area contributed by atoms with Gasteiger partial charge in [0.05, 0.1) is 26.2 Å². The van der Waals surface area contributed by atoms with E-state index in [1.54, 1.807) is 7.11 Å². The molecule has 0 unspecified atom stereocenters. The van der Waals surface area contributed by atoms with Gasteiger partial charge in [0.1, 0.15) is 5.75 Å². The number of methoxy groups -OCH3 is 2. The van der Waals surface area contributed by atoms with E-state index in [-0.39, 0.29) is 23.8 Å². The fourth-order valence-electron chi connectivity index (χ4n) is 6.22. The zero-order valence-corrected chi connectivity index (χ0v) is 16.3. The van der Waals surface area contributed by atoms with E-state index in [1.165, 1.54) is 26.4 Å². The molecule has 1 aromatic carbocycles. The van der Waals surface area contributed by atoms with Gasteiger partial charge in [0.15, 0.2) is 0 Å². The van der Waals surface area contributed by atoms with Crippen LogP contribution in [0.2, 0.25) is 0 Å². The highest BCUT2D eigenvalue weighted by Crippen LogP contribution is 2.58. The third-order valence-electron chi connectivity index (χ3n) is 6.93. The zero-order valence-electron chi connectivity index (χ0n) is 16.3. The largest absolute Gasteiger partial charge is 0.496 e. The Hall–Kier alpha value is -2.04. The monoisotopic (exact) mass is 371 g/mol. The number of esters is 1. The maximum absolute atomic E-state index is 13.6. The first-order chi connectivity index (χ1) is 13.0. The molecule has 0 radical (unpaired) electrons. The minimum atomic E-state index is -0.266. The molecule has 0 heterocycles. The Bertz CT molecular complexity index is 693. The standard InChI is InChI=1S/C22H29NO4/c1-26-19-6-4-3-5-18(19)21(25)23(8-7-20(24)27-2)22-12-15-9-16(13-22)11-17(10-15)14-22/h3-6,15-17H,7-14H2,1-2H3. The summed E-state index contributed by atoms with van der Waals surface area (Å²) in [5, 5.41) is 0. The lowest BCUT2D eigenvalue weighted by Crippen LogP contribution is -2.61. The van der Waals surface area contributed by atoms with E-state index >= 15 is 0 Å². The number of ether oxygens (including phenoxy) is 2. The second-order valence-corrected chi connectivity index (χ2v) is 8.63. The van der Waals surface area contributed by atoms with Crippen LogP contribution in [0, 0.1) is 17.8 Å². The molecule has 0 aromatic heterocycles. The van der Waals surface area contributed by atoms with Crippen molar-refractivity contribution in [2.24, 2.45) is 17.8 Å². The molecule has 4 fully saturated rings. The van der Waals surface area contributed by atoms with Crippen LogP contribution in [-0.4, -0.2) is 43.1 Å². The van der Waals surface area contributed by atoms with E-state index in [4.69, 9.17) is 9.47 Å². The van der Waals surface area contributed by atoms with Gasteiger partial charge < -0.3 is 14.4 Å². The molecule has 4 aliphatic rings. The van der Waals surface area contributed by atoms with Crippen molar-refractivity contribution < 1.29 is 19.1 Å². The number of carbonyl (C=O) groups excluding carboxylic acids is 2. The van der Waals surface area contributed by atoms with Gasteiger partial charge in [0, 0.05) is 12.1 Å². The number of carbonyl (C=O) groups is 2. The average molecular weight is 371 g/mol. The summed E-state index contributed by atoms with van der Waals surface area (Å²) in [6.07, 6.45) is 7.38. The molecule has 5 nitrogen and oxygen atoms in total. The molecule has 1 aromatic rings. The number of amides is 1. The summed E-state index contributed by atoms with van der Waals surface area (Å²) in [4.78, 5) is 27.5. The SMILES string of the molecule is COC(=O)CCN(C(=O)c1ccccc1OC)C12CC3CC(CC(C3)C1)C2. The van der Waals surface area contributed by atoms with Crippen LogP contribution < -0.4 is 4.74 Å². The molecule has 5 rings (SSSR count). The Kier molecular flexibility index (Phi) is 4.87. The fraction of sp³-hybridized carbons (Fsp3) is 0.636.